The number of aryl methyl sites for hydroxylation is 1. The maximum Gasteiger partial charge on any atom is 0.289 e. The van der Waals surface area contributed by atoms with Crippen LogP contribution in [-0.4, -0.2) is 23.8 Å². The number of nitrogens with zero attached hydrogens (tertiary/aromatic N) is 2. The Morgan fingerprint density at radius 2 is 1.61 bits per heavy atom. The third-order valence-electron chi connectivity index (χ3n) is 6.17. The maximum absolute atomic E-state index is 12.9. The van der Waals surface area contributed by atoms with Crippen LogP contribution in [0.15, 0.2) is 89.8 Å². The molecule has 192 valence electrons. The second-order valence-electron chi connectivity index (χ2n) is 8.50. The molecule has 0 atom stereocenters. The minimum Gasteiger partial charge on any atom is -0.341 e. The van der Waals surface area contributed by atoms with E-state index in [0.717, 1.165) is 40.5 Å². The number of nitro benzene ring substituents is 1. The fourth-order valence-corrected chi connectivity index (χ4v) is 5.64. The Hall–Kier alpha value is -4.41. The van der Waals surface area contributed by atoms with Crippen LogP contribution >= 0.6 is 11.6 Å². The minimum atomic E-state index is -4.12. The molecule has 0 aliphatic carbocycles. The molecule has 0 bridgehead atoms. The van der Waals surface area contributed by atoms with Gasteiger partial charge in [-0.25, -0.2) is 8.42 Å². The molecule has 1 amide bonds. The Morgan fingerprint density at radius 3 is 2.32 bits per heavy atom. The summed E-state index contributed by atoms with van der Waals surface area (Å²) >= 11 is 5.77. The van der Waals surface area contributed by atoms with E-state index < -0.39 is 20.6 Å². The van der Waals surface area contributed by atoms with Crippen LogP contribution in [-0.2, 0) is 16.6 Å². The summed E-state index contributed by atoms with van der Waals surface area (Å²) in [6.45, 7) is 2.91. The first-order valence-electron chi connectivity index (χ1n) is 11.6. The Morgan fingerprint density at radius 1 is 0.921 bits per heavy atom. The molecule has 0 radical (unpaired) electrons. The van der Waals surface area contributed by atoms with Crippen LogP contribution in [0.2, 0.25) is 5.02 Å². The fraction of sp³-hybridized carbons (Fsp3) is 0.0741. The Kier molecular flexibility index (Phi) is 6.52. The van der Waals surface area contributed by atoms with Gasteiger partial charge >= 0.3 is 0 Å². The van der Waals surface area contributed by atoms with Gasteiger partial charge in [0.25, 0.3) is 21.6 Å². The van der Waals surface area contributed by atoms with Gasteiger partial charge in [-0.15, -0.1) is 0 Å². The van der Waals surface area contributed by atoms with Gasteiger partial charge in [-0.3, -0.25) is 19.6 Å². The monoisotopic (exact) mass is 548 g/mol. The molecule has 1 heterocycles. The highest BCUT2D eigenvalue weighted by atomic mass is 35.5. The van der Waals surface area contributed by atoms with Crippen molar-refractivity contribution in [2.24, 2.45) is 0 Å². The van der Waals surface area contributed by atoms with Crippen molar-refractivity contribution in [2.75, 3.05) is 10.0 Å². The van der Waals surface area contributed by atoms with Crippen molar-refractivity contribution in [2.45, 2.75) is 18.4 Å². The molecule has 38 heavy (non-hydrogen) atoms. The van der Waals surface area contributed by atoms with E-state index >= 15 is 0 Å². The number of anilines is 2. The topological polar surface area (TPSA) is 123 Å². The van der Waals surface area contributed by atoms with Crippen molar-refractivity contribution in [3.05, 3.63) is 106 Å². The first-order chi connectivity index (χ1) is 18.2. The molecule has 0 saturated heterocycles. The van der Waals surface area contributed by atoms with Gasteiger partial charge in [0.15, 0.2) is 0 Å². The molecule has 0 fully saturated rings. The number of nitro groups is 1. The number of rotatable bonds is 7. The quantitative estimate of drug-likeness (QED) is 0.179. The number of para-hydroxylation sites is 1. The Bertz CT molecular complexity index is 1830. The van der Waals surface area contributed by atoms with Crippen LogP contribution in [0.5, 0.6) is 0 Å². The summed E-state index contributed by atoms with van der Waals surface area (Å²) in [7, 11) is -4.12. The molecule has 0 aliphatic rings. The lowest BCUT2D eigenvalue weighted by Gasteiger charge is -2.10. The van der Waals surface area contributed by atoms with E-state index in [-0.39, 0.29) is 21.5 Å². The average Bonchev–Trinajstić information content (AvgIpc) is 3.21. The highest BCUT2D eigenvalue weighted by Crippen LogP contribution is 2.31. The summed E-state index contributed by atoms with van der Waals surface area (Å²) in [6, 6.07) is 22.9. The van der Waals surface area contributed by atoms with E-state index in [9.17, 15) is 23.3 Å². The maximum atomic E-state index is 12.9. The van der Waals surface area contributed by atoms with Crippen molar-refractivity contribution in [1.82, 2.24) is 4.57 Å². The van der Waals surface area contributed by atoms with Gasteiger partial charge in [-0.1, -0.05) is 29.8 Å². The van der Waals surface area contributed by atoms with Crippen LogP contribution < -0.4 is 10.0 Å². The number of carbonyl (C=O) groups excluding carboxylic acids is 1. The van der Waals surface area contributed by atoms with E-state index in [4.69, 9.17) is 11.6 Å². The minimum absolute atomic E-state index is 0.167. The zero-order valence-corrected chi connectivity index (χ0v) is 21.6. The number of hydrogen-bond acceptors (Lipinski definition) is 5. The number of halogens is 1. The lowest BCUT2D eigenvalue weighted by atomic mass is 10.1. The van der Waals surface area contributed by atoms with Crippen molar-refractivity contribution in [1.29, 1.82) is 0 Å². The van der Waals surface area contributed by atoms with E-state index in [1.165, 1.54) is 30.3 Å². The van der Waals surface area contributed by atoms with Gasteiger partial charge in [0.1, 0.15) is 5.02 Å². The number of amides is 1. The summed E-state index contributed by atoms with van der Waals surface area (Å²) < 4.78 is 30.0. The first-order valence-corrected chi connectivity index (χ1v) is 13.4. The van der Waals surface area contributed by atoms with Gasteiger partial charge in [-0.2, -0.15) is 0 Å². The number of carbonyl (C=O) groups is 1. The van der Waals surface area contributed by atoms with E-state index in [1.54, 1.807) is 0 Å². The van der Waals surface area contributed by atoms with Gasteiger partial charge in [0.05, 0.1) is 9.82 Å². The highest BCUT2D eigenvalue weighted by Gasteiger charge is 2.21. The largest absolute Gasteiger partial charge is 0.341 e. The van der Waals surface area contributed by atoms with Gasteiger partial charge < -0.3 is 9.88 Å². The smallest absolute Gasteiger partial charge is 0.289 e. The standard InChI is InChI=1S/C27H21ClN4O5S/c1-2-31-24-6-4-3-5-21(24)22-15-19(11-14-25(22)31)29-27(33)17-7-9-18(10-8-17)30-38(36,37)20-12-13-23(28)26(16-20)32(34)35/h3-16,30H,2H2,1H3,(H,29,33). The lowest BCUT2D eigenvalue weighted by Crippen LogP contribution is -2.14. The van der Waals surface area contributed by atoms with Crippen molar-refractivity contribution >= 4 is 66.4 Å². The summed E-state index contributed by atoms with van der Waals surface area (Å²) in [5, 5.41) is 16.0. The van der Waals surface area contributed by atoms with Crippen LogP contribution in [0.25, 0.3) is 21.8 Å². The predicted octanol–water partition coefficient (Wildman–Crippen LogP) is 6.43. The molecule has 5 rings (SSSR count). The van der Waals surface area contributed by atoms with Crippen LogP contribution in [0.4, 0.5) is 17.1 Å². The number of fused-ring (bicyclic) bond motifs is 3. The Balaban J connectivity index is 1.34. The molecule has 0 unspecified atom stereocenters. The summed E-state index contributed by atoms with van der Waals surface area (Å²) in [5.41, 5.74) is 2.84. The number of sulfonamides is 1. The molecule has 1 aromatic heterocycles. The number of nitrogens with one attached hydrogen (secondary N) is 2. The second kappa shape index (κ2) is 9.81. The van der Waals surface area contributed by atoms with E-state index in [0.29, 0.717) is 11.3 Å². The Labute approximate surface area is 222 Å². The molecular weight excluding hydrogens is 528 g/mol. The number of benzene rings is 4. The third-order valence-corrected chi connectivity index (χ3v) is 7.87. The molecule has 5 aromatic rings. The zero-order chi connectivity index (χ0) is 27.0. The molecular formula is C27H21ClN4O5S. The molecule has 0 aliphatic heterocycles. The van der Waals surface area contributed by atoms with Gasteiger partial charge in [-0.05, 0) is 67.6 Å². The van der Waals surface area contributed by atoms with E-state index in [2.05, 4.69) is 33.7 Å². The molecule has 9 nitrogen and oxygen atoms in total. The third kappa shape index (κ3) is 4.67. The highest BCUT2D eigenvalue weighted by molar-refractivity contribution is 7.92. The summed E-state index contributed by atoms with van der Waals surface area (Å²) in [4.78, 5) is 22.9. The zero-order valence-electron chi connectivity index (χ0n) is 20.0. The van der Waals surface area contributed by atoms with Crippen molar-refractivity contribution < 1.29 is 18.1 Å². The van der Waals surface area contributed by atoms with Crippen LogP contribution in [0.3, 0.4) is 0 Å². The first kappa shape index (κ1) is 25.2. The van der Waals surface area contributed by atoms with Crippen LogP contribution in [0, 0.1) is 10.1 Å². The van der Waals surface area contributed by atoms with Gasteiger partial charge in [0, 0.05) is 51.4 Å². The molecule has 0 saturated carbocycles. The second-order valence-corrected chi connectivity index (χ2v) is 10.6. The number of hydrogen-bond donors (Lipinski definition) is 2. The molecule has 0 spiro atoms. The predicted molar refractivity (Wildman–Crippen MR) is 148 cm³/mol. The van der Waals surface area contributed by atoms with Crippen molar-refractivity contribution in [3.8, 4) is 0 Å². The summed E-state index contributed by atoms with van der Waals surface area (Å²) in [5.74, 6) is -0.355. The fourth-order valence-electron chi connectivity index (χ4n) is 4.38. The molecule has 2 N–H and O–H groups in total. The number of aromatic nitrogens is 1. The van der Waals surface area contributed by atoms with E-state index in [1.807, 2.05) is 30.3 Å². The summed E-state index contributed by atoms with van der Waals surface area (Å²) in [6.07, 6.45) is 0. The molecule has 11 heteroatoms. The van der Waals surface area contributed by atoms with Gasteiger partial charge in [0.2, 0.25) is 0 Å². The van der Waals surface area contributed by atoms with Crippen molar-refractivity contribution in [3.63, 3.8) is 0 Å². The SMILES string of the molecule is CCn1c2ccccc2c2cc(NC(=O)c3ccc(NS(=O)(=O)c4ccc(Cl)c([N+](=O)[O-])c4)cc3)ccc21. The van der Waals surface area contributed by atoms with Crippen LogP contribution in [0.1, 0.15) is 17.3 Å². The normalized spacial score (nSPS) is 11.5. The molecule has 4 aromatic carbocycles. The average molecular weight is 549 g/mol. The lowest BCUT2D eigenvalue weighted by molar-refractivity contribution is -0.384.